The maximum absolute atomic E-state index is 10.7. The lowest BCUT2D eigenvalue weighted by Gasteiger charge is -2.33. The van der Waals surface area contributed by atoms with Crippen LogP contribution in [0, 0.1) is 5.92 Å². The van der Waals surface area contributed by atoms with Crippen molar-refractivity contribution in [3.05, 3.63) is 0 Å². The van der Waals surface area contributed by atoms with Crippen LogP contribution in [-0.2, 0) is 4.79 Å². The van der Waals surface area contributed by atoms with Crippen molar-refractivity contribution in [2.24, 2.45) is 5.92 Å². The minimum atomic E-state index is -0.652. The smallest absolute Gasteiger partial charge is 0.303 e. The minimum absolute atomic E-state index is 0.338. The molecule has 0 aromatic carbocycles. The van der Waals surface area contributed by atoms with Gasteiger partial charge in [0.05, 0.1) is 0 Å². The predicted molar refractivity (Wildman–Crippen MR) is 70.7 cm³/mol. The maximum atomic E-state index is 10.7. The van der Waals surface area contributed by atoms with Crippen LogP contribution in [0.3, 0.4) is 0 Å². The standard InChI is InChI=1S/C13H25N3O2/c1-14-4-6-15(7-5-14)8-9-16-3-2-12(11-16)10-13(17)18/h12H,2-11H2,1H3,(H,17,18). The van der Waals surface area contributed by atoms with Crippen molar-refractivity contribution in [2.75, 3.05) is 59.4 Å². The van der Waals surface area contributed by atoms with Gasteiger partial charge in [-0.25, -0.2) is 0 Å². The molecular formula is C13H25N3O2. The molecule has 0 amide bonds. The Labute approximate surface area is 109 Å². The molecule has 0 bridgehead atoms. The summed E-state index contributed by atoms with van der Waals surface area (Å²) in [5.41, 5.74) is 0. The third-order valence-corrected chi connectivity index (χ3v) is 4.16. The van der Waals surface area contributed by atoms with E-state index in [2.05, 4.69) is 21.7 Å². The Kier molecular flexibility index (Phi) is 4.97. The number of likely N-dealkylation sites (tertiary alicyclic amines) is 1. The molecule has 104 valence electrons. The van der Waals surface area contributed by atoms with Gasteiger partial charge in [-0.05, 0) is 25.9 Å². The van der Waals surface area contributed by atoms with Crippen molar-refractivity contribution < 1.29 is 9.90 Å². The van der Waals surface area contributed by atoms with E-state index in [-0.39, 0.29) is 0 Å². The number of hydrogen-bond donors (Lipinski definition) is 1. The molecule has 0 radical (unpaired) electrons. The summed E-state index contributed by atoms with van der Waals surface area (Å²) in [5.74, 6) is -0.282. The third kappa shape index (κ3) is 4.23. The molecular weight excluding hydrogens is 230 g/mol. The molecule has 2 heterocycles. The van der Waals surface area contributed by atoms with Crippen molar-refractivity contribution in [1.82, 2.24) is 14.7 Å². The topological polar surface area (TPSA) is 47.0 Å². The first-order valence-corrected chi connectivity index (χ1v) is 6.98. The van der Waals surface area contributed by atoms with Crippen LogP contribution in [0.2, 0.25) is 0 Å². The van der Waals surface area contributed by atoms with Crippen molar-refractivity contribution >= 4 is 5.97 Å². The summed E-state index contributed by atoms with van der Waals surface area (Å²) in [4.78, 5) is 18.0. The number of nitrogens with zero attached hydrogens (tertiary/aromatic N) is 3. The molecule has 2 rings (SSSR count). The van der Waals surface area contributed by atoms with E-state index in [1.165, 1.54) is 26.2 Å². The average molecular weight is 255 g/mol. The number of rotatable bonds is 5. The monoisotopic (exact) mass is 255 g/mol. The van der Waals surface area contributed by atoms with Gasteiger partial charge in [0.1, 0.15) is 0 Å². The fourth-order valence-electron chi connectivity index (χ4n) is 2.88. The van der Waals surface area contributed by atoms with E-state index in [1.54, 1.807) is 0 Å². The zero-order valence-electron chi connectivity index (χ0n) is 11.3. The highest BCUT2D eigenvalue weighted by Crippen LogP contribution is 2.19. The molecule has 5 nitrogen and oxygen atoms in total. The lowest BCUT2D eigenvalue weighted by molar-refractivity contribution is -0.138. The number of carboxylic acid groups (broad SMARTS) is 1. The van der Waals surface area contributed by atoms with Crippen molar-refractivity contribution in [2.45, 2.75) is 12.8 Å². The summed E-state index contributed by atoms with van der Waals surface area (Å²) in [6.45, 7) is 8.95. The molecule has 5 heteroatoms. The molecule has 0 aromatic heterocycles. The van der Waals surface area contributed by atoms with Crippen LogP contribution in [0.4, 0.5) is 0 Å². The van der Waals surface area contributed by atoms with Crippen molar-refractivity contribution in [3.8, 4) is 0 Å². The molecule has 1 N–H and O–H groups in total. The van der Waals surface area contributed by atoms with Crippen LogP contribution in [0.5, 0.6) is 0 Å². The fourth-order valence-corrected chi connectivity index (χ4v) is 2.88. The zero-order valence-corrected chi connectivity index (χ0v) is 11.3. The molecule has 2 fully saturated rings. The van der Waals surface area contributed by atoms with Gasteiger partial charge in [0, 0.05) is 52.2 Å². The van der Waals surface area contributed by atoms with E-state index in [9.17, 15) is 4.79 Å². The van der Waals surface area contributed by atoms with Gasteiger partial charge < -0.3 is 14.9 Å². The third-order valence-electron chi connectivity index (χ3n) is 4.16. The van der Waals surface area contributed by atoms with Crippen LogP contribution in [0.1, 0.15) is 12.8 Å². The molecule has 0 aliphatic carbocycles. The summed E-state index contributed by atoms with van der Waals surface area (Å²) in [5, 5.41) is 8.79. The lowest BCUT2D eigenvalue weighted by Crippen LogP contribution is -2.46. The fraction of sp³-hybridized carbons (Fsp3) is 0.923. The summed E-state index contributed by atoms with van der Waals surface area (Å²) in [6, 6.07) is 0. The molecule has 2 aliphatic rings. The van der Waals surface area contributed by atoms with Crippen molar-refractivity contribution in [3.63, 3.8) is 0 Å². The van der Waals surface area contributed by atoms with Gasteiger partial charge in [0.2, 0.25) is 0 Å². The second-order valence-corrected chi connectivity index (χ2v) is 5.70. The highest BCUT2D eigenvalue weighted by atomic mass is 16.4. The van der Waals surface area contributed by atoms with E-state index in [0.29, 0.717) is 12.3 Å². The number of aliphatic carboxylic acids is 1. The molecule has 18 heavy (non-hydrogen) atoms. The van der Waals surface area contributed by atoms with E-state index in [4.69, 9.17) is 5.11 Å². The molecule has 2 saturated heterocycles. The quantitative estimate of drug-likeness (QED) is 0.751. The van der Waals surface area contributed by atoms with Gasteiger partial charge in [-0.3, -0.25) is 9.69 Å². The maximum Gasteiger partial charge on any atom is 0.303 e. The number of likely N-dealkylation sites (N-methyl/N-ethyl adjacent to an activating group) is 1. The average Bonchev–Trinajstić information content (AvgIpc) is 2.75. The Morgan fingerprint density at radius 2 is 1.78 bits per heavy atom. The molecule has 0 aromatic rings. The number of carboxylic acids is 1. The van der Waals surface area contributed by atoms with Gasteiger partial charge in [0.25, 0.3) is 0 Å². The summed E-state index contributed by atoms with van der Waals surface area (Å²) < 4.78 is 0. The van der Waals surface area contributed by atoms with E-state index in [0.717, 1.165) is 32.6 Å². The number of hydrogen-bond acceptors (Lipinski definition) is 4. The number of piperazine rings is 1. The Balaban J connectivity index is 1.61. The van der Waals surface area contributed by atoms with Gasteiger partial charge in [-0.1, -0.05) is 0 Å². The van der Waals surface area contributed by atoms with Gasteiger partial charge in [0.15, 0.2) is 0 Å². The lowest BCUT2D eigenvalue weighted by atomic mass is 10.1. The normalized spacial score (nSPS) is 27.7. The first kappa shape index (κ1) is 13.8. The van der Waals surface area contributed by atoms with Crippen LogP contribution in [0.25, 0.3) is 0 Å². The van der Waals surface area contributed by atoms with Crippen molar-refractivity contribution in [1.29, 1.82) is 0 Å². The highest BCUT2D eigenvalue weighted by Gasteiger charge is 2.24. The summed E-state index contributed by atoms with van der Waals surface area (Å²) in [6.07, 6.45) is 1.39. The van der Waals surface area contributed by atoms with Crippen LogP contribution >= 0.6 is 0 Å². The zero-order chi connectivity index (χ0) is 13.0. The molecule has 0 spiro atoms. The SMILES string of the molecule is CN1CCN(CCN2CCC(CC(=O)O)C2)CC1. The van der Waals surface area contributed by atoms with Gasteiger partial charge in [-0.2, -0.15) is 0 Å². The first-order valence-electron chi connectivity index (χ1n) is 6.98. The summed E-state index contributed by atoms with van der Waals surface area (Å²) in [7, 11) is 2.17. The Morgan fingerprint density at radius 3 is 2.44 bits per heavy atom. The predicted octanol–water partition coefficient (Wildman–Crippen LogP) is 0.0304. The first-order chi connectivity index (χ1) is 8.63. The molecule has 1 atom stereocenters. The molecule has 1 unspecified atom stereocenters. The van der Waals surface area contributed by atoms with Gasteiger partial charge in [-0.15, -0.1) is 0 Å². The minimum Gasteiger partial charge on any atom is -0.481 e. The van der Waals surface area contributed by atoms with E-state index >= 15 is 0 Å². The Bertz CT molecular complexity index is 277. The van der Waals surface area contributed by atoms with Crippen LogP contribution in [0.15, 0.2) is 0 Å². The second-order valence-electron chi connectivity index (χ2n) is 5.70. The van der Waals surface area contributed by atoms with Crippen LogP contribution in [-0.4, -0.2) is 85.2 Å². The van der Waals surface area contributed by atoms with E-state index < -0.39 is 5.97 Å². The van der Waals surface area contributed by atoms with Crippen LogP contribution < -0.4 is 0 Å². The van der Waals surface area contributed by atoms with E-state index in [1.807, 2.05) is 0 Å². The Hall–Kier alpha value is -0.650. The molecule has 0 saturated carbocycles. The Morgan fingerprint density at radius 1 is 1.11 bits per heavy atom. The highest BCUT2D eigenvalue weighted by molar-refractivity contribution is 5.67. The number of carbonyl (C=O) groups is 1. The second kappa shape index (κ2) is 6.50. The van der Waals surface area contributed by atoms with Gasteiger partial charge >= 0.3 is 5.97 Å². The molecule has 2 aliphatic heterocycles. The largest absolute Gasteiger partial charge is 0.481 e. The summed E-state index contributed by atoms with van der Waals surface area (Å²) >= 11 is 0.